The zero-order valence-corrected chi connectivity index (χ0v) is 12.8. The van der Waals surface area contributed by atoms with E-state index in [-0.39, 0.29) is 11.9 Å². The van der Waals surface area contributed by atoms with Gasteiger partial charge in [-0.3, -0.25) is 0 Å². The van der Waals surface area contributed by atoms with Crippen molar-refractivity contribution in [2.45, 2.75) is 26.8 Å². The Morgan fingerprint density at radius 2 is 2.21 bits per heavy atom. The van der Waals surface area contributed by atoms with Crippen molar-refractivity contribution in [3.05, 3.63) is 45.9 Å². The second kappa shape index (κ2) is 5.84. The van der Waals surface area contributed by atoms with Crippen LogP contribution in [0.3, 0.4) is 0 Å². The maximum Gasteiger partial charge on any atom is 0.126 e. The van der Waals surface area contributed by atoms with Gasteiger partial charge in [0.25, 0.3) is 0 Å². The highest BCUT2D eigenvalue weighted by Crippen LogP contribution is 2.25. The highest BCUT2D eigenvalue weighted by molar-refractivity contribution is 9.10. The van der Waals surface area contributed by atoms with Crippen molar-refractivity contribution in [3.63, 3.8) is 0 Å². The number of nitrogens with zero attached hydrogens (tertiary/aromatic N) is 2. The lowest BCUT2D eigenvalue weighted by molar-refractivity contribution is 0.575. The molecule has 0 saturated heterocycles. The molecule has 19 heavy (non-hydrogen) atoms. The van der Waals surface area contributed by atoms with Gasteiger partial charge in [0.15, 0.2) is 0 Å². The first-order valence-electron chi connectivity index (χ1n) is 6.27. The molecule has 1 atom stereocenters. The molecule has 0 saturated carbocycles. The minimum absolute atomic E-state index is 0.0677. The van der Waals surface area contributed by atoms with Gasteiger partial charge < -0.3 is 5.32 Å². The number of hydrogen-bond donors (Lipinski definition) is 1. The van der Waals surface area contributed by atoms with Crippen molar-refractivity contribution in [1.29, 1.82) is 0 Å². The van der Waals surface area contributed by atoms with Crippen LogP contribution in [0.2, 0.25) is 0 Å². The minimum Gasteiger partial charge on any atom is -0.310 e. The lowest BCUT2D eigenvalue weighted by Crippen LogP contribution is -2.20. The molecule has 1 aromatic carbocycles. The first-order valence-corrected chi connectivity index (χ1v) is 7.06. The average molecular weight is 326 g/mol. The van der Waals surface area contributed by atoms with Gasteiger partial charge in [-0.25, -0.2) is 9.07 Å². The number of hydrogen-bond acceptors (Lipinski definition) is 2. The Morgan fingerprint density at radius 1 is 1.47 bits per heavy atom. The van der Waals surface area contributed by atoms with Crippen molar-refractivity contribution in [2.75, 3.05) is 6.54 Å². The van der Waals surface area contributed by atoms with Gasteiger partial charge in [0.2, 0.25) is 0 Å². The SMILES string of the molecule is CCNC(C)c1cc(F)c(C)cc1-n1cc(Br)cn1. The van der Waals surface area contributed by atoms with E-state index in [9.17, 15) is 4.39 Å². The molecule has 0 spiro atoms. The normalized spacial score (nSPS) is 12.7. The standard InChI is InChI=1S/C14H17BrFN3/c1-4-17-10(3)12-6-13(16)9(2)5-14(12)19-8-11(15)7-18-19/h5-8,10,17H,4H2,1-3H3. The number of halogens is 2. The Kier molecular flexibility index (Phi) is 4.37. The highest BCUT2D eigenvalue weighted by Gasteiger charge is 2.15. The fraction of sp³-hybridized carbons (Fsp3) is 0.357. The molecule has 5 heteroatoms. The fourth-order valence-electron chi connectivity index (χ4n) is 2.08. The third kappa shape index (κ3) is 3.04. The maximum atomic E-state index is 13.8. The molecule has 0 radical (unpaired) electrons. The van der Waals surface area contributed by atoms with Gasteiger partial charge in [-0.2, -0.15) is 5.10 Å². The molecule has 2 rings (SSSR count). The molecule has 1 unspecified atom stereocenters. The summed E-state index contributed by atoms with van der Waals surface area (Å²) in [6.45, 7) is 6.65. The van der Waals surface area contributed by atoms with Crippen LogP contribution >= 0.6 is 15.9 Å². The lowest BCUT2D eigenvalue weighted by atomic mass is 10.0. The van der Waals surface area contributed by atoms with Gasteiger partial charge in [-0.15, -0.1) is 0 Å². The van der Waals surface area contributed by atoms with E-state index in [1.807, 2.05) is 26.1 Å². The topological polar surface area (TPSA) is 29.9 Å². The lowest BCUT2D eigenvalue weighted by Gasteiger charge is -2.18. The van der Waals surface area contributed by atoms with E-state index in [0.717, 1.165) is 22.3 Å². The molecular formula is C14H17BrFN3. The molecule has 2 aromatic rings. The van der Waals surface area contributed by atoms with Crippen molar-refractivity contribution in [1.82, 2.24) is 15.1 Å². The van der Waals surface area contributed by atoms with E-state index in [1.165, 1.54) is 0 Å². The van der Waals surface area contributed by atoms with Crippen LogP contribution in [0, 0.1) is 12.7 Å². The molecule has 1 N–H and O–H groups in total. The number of aryl methyl sites for hydroxylation is 1. The number of nitrogens with one attached hydrogen (secondary N) is 1. The summed E-state index contributed by atoms with van der Waals surface area (Å²) in [6.07, 6.45) is 3.59. The van der Waals surface area contributed by atoms with E-state index in [4.69, 9.17) is 0 Å². The predicted octanol–water partition coefficient (Wildman–Crippen LogP) is 3.75. The summed E-state index contributed by atoms with van der Waals surface area (Å²) < 4.78 is 16.5. The van der Waals surface area contributed by atoms with Crippen LogP contribution in [0.1, 0.15) is 31.0 Å². The Labute approximate surface area is 121 Å². The first kappa shape index (κ1) is 14.2. The van der Waals surface area contributed by atoms with Crippen LogP contribution < -0.4 is 5.32 Å². The molecule has 0 bridgehead atoms. The minimum atomic E-state index is -0.185. The van der Waals surface area contributed by atoms with Gasteiger partial charge in [-0.05, 0) is 59.6 Å². The number of aromatic nitrogens is 2. The van der Waals surface area contributed by atoms with Gasteiger partial charge in [0, 0.05) is 12.2 Å². The molecule has 1 aromatic heterocycles. The van der Waals surface area contributed by atoms with Crippen LogP contribution in [-0.4, -0.2) is 16.3 Å². The van der Waals surface area contributed by atoms with Gasteiger partial charge in [0.05, 0.1) is 16.4 Å². The average Bonchev–Trinajstić information content (AvgIpc) is 2.79. The van der Waals surface area contributed by atoms with Gasteiger partial charge in [-0.1, -0.05) is 6.92 Å². The smallest absolute Gasteiger partial charge is 0.126 e. The van der Waals surface area contributed by atoms with Crippen molar-refractivity contribution >= 4 is 15.9 Å². The van der Waals surface area contributed by atoms with Crippen molar-refractivity contribution < 1.29 is 4.39 Å². The fourth-order valence-corrected chi connectivity index (χ4v) is 2.36. The zero-order valence-electron chi connectivity index (χ0n) is 11.2. The van der Waals surface area contributed by atoms with E-state index in [1.54, 1.807) is 23.9 Å². The van der Waals surface area contributed by atoms with Crippen LogP contribution in [0.15, 0.2) is 29.0 Å². The Balaban J connectivity index is 2.54. The predicted molar refractivity (Wildman–Crippen MR) is 78.1 cm³/mol. The van der Waals surface area contributed by atoms with Crippen molar-refractivity contribution in [2.24, 2.45) is 0 Å². The second-order valence-electron chi connectivity index (χ2n) is 4.54. The molecule has 102 valence electrons. The third-order valence-electron chi connectivity index (χ3n) is 3.08. The van der Waals surface area contributed by atoms with Crippen LogP contribution in [0.4, 0.5) is 4.39 Å². The molecule has 0 aliphatic carbocycles. The highest BCUT2D eigenvalue weighted by atomic mass is 79.9. The summed E-state index contributed by atoms with van der Waals surface area (Å²) in [5.41, 5.74) is 2.42. The van der Waals surface area contributed by atoms with E-state index in [2.05, 4.69) is 26.3 Å². The zero-order chi connectivity index (χ0) is 14.0. The van der Waals surface area contributed by atoms with Gasteiger partial charge >= 0.3 is 0 Å². The largest absolute Gasteiger partial charge is 0.310 e. The quantitative estimate of drug-likeness (QED) is 0.927. The van der Waals surface area contributed by atoms with E-state index < -0.39 is 0 Å². The Bertz CT molecular complexity index is 580. The molecule has 0 amide bonds. The maximum absolute atomic E-state index is 13.8. The summed E-state index contributed by atoms with van der Waals surface area (Å²) in [4.78, 5) is 0. The number of benzene rings is 1. The Hall–Kier alpha value is -1.20. The molecule has 0 fully saturated rings. The molecular weight excluding hydrogens is 309 g/mol. The summed E-state index contributed by atoms with van der Waals surface area (Å²) in [5.74, 6) is -0.185. The van der Waals surface area contributed by atoms with E-state index >= 15 is 0 Å². The first-order chi connectivity index (χ1) is 9.02. The van der Waals surface area contributed by atoms with Gasteiger partial charge in [0.1, 0.15) is 5.82 Å². The molecule has 3 nitrogen and oxygen atoms in total. The summed E-state index contributed by atoms with van der Waals surface area (Å²) in [6, 6.07) is 3.49. The van der Waals surface area contributed by atoms with Crippen LogP contribution in [0.5, 0.6) is 0 Å². The third-order valence-corrected chi connectivity index (χ3v) is 3.49. The molecule has 1 heterocycles. The molecule has 0 aliphatic heterocycles. The van der Waals surface area contributed by atoms with Crippen LogP contribution in [-0.2, 0) is 0 Å². The summed E-state index contributed by atoms with van der Waals surface area (Å²) in [7, 11) is 0. The van der Waals surface area contributed by atoms with Crippen LogP contribution in [0.25, 0.3) is 5.69 Å². The monoisotopic (exact) mass is 325 g/mol. The number of rotatable bonds is 4. The Morgan fingerprint density at radius 3 is 2.79 bits per heavy atom. The van der Waals surface area contributed by atoms with Crippen molar-refractivity contribution in [3.8, 4) is 5.69 Å². The van der Waals surface area contributed by atoms with E-state index in [0.29, 0.717) is 5.56 Å². The molecule has 0 aliphatic rings. The summed E-state index contributed by atoms with van der Waals surface area (Å²) in [5, 5.41) is 7.59. The second-order valence-corrected chi connectivity index (χ2v) is 5.46. The summed E-state index contributed by atoms with van der Waals surface area (Å²) >= 11 is 3.38.